The average molecular weight is 702 g/mol. The number of aliphatic imine (C=N–C) groups is 1. The van der Waals surface area contributed by atoms with E-state index in [1.807, 2.05) is 66.7 Å². The topological polar surface area (TPSA) is 65.7 Å². The Morgan fingerprint density at radius 3 is 2.27 bits per heavy atom. The molecule has 0 spiro atoms. The average Bonchev–Trinajstić information content (AvgIpc) is 3.18. The molecule has 0 fully saturated rings. The second-order valence-corrected chi connectivity index (χ2v) is 10.6. The molecular weight excluding hydrogens is 675 g/mol. The molecule has 40 heavy (non-hydrogen) atoms. The number of aromatic hydroxyl groups is 2. The quantitative estimate of drug-likeness (QED) is 0.182. The van der Waals surface area contributed by atoms with Crippen LogP contribution in [0, 0.1) is 0 Å². The molecule has 0 atom stereocenters. The molecule has 0 unspecified atom stereocenters. The van der Waals surface area contributed by atoms with Crippen LogP contribution in [0.4, 0.5) is 5.69 Å². The van der Waals surface area contributed by atoms with Crippen LogP contribution in [0.5, 0.6) is 11.5 Å². The van der Waals surface area contributed by atoms with Crippen molar-refractivity contribution >= 4 is 33.4 Å². The van der Waals surface area contributed by atoms with Gasteiger partial charge in [0.25, 0.3) is 0 Å². The van der Waals surface area contributed by atoms with Crippen LogP contribution in [-0.4, -0.2) is 21.4 Å². The van der Waals surface area contributed by atoms with Crippen molar-refractivity contribution in [1.29, 1.82) is 0 Å². The van der Waals surface area contributed by atoms with Gasteiger partial charge in [-0.1, -0.05) is 92.7 Å². The van der Waals surface area contributed by atoms with Gasteiger partial charge in [-0.3, -0.25) is 4.99 Å². The summed E-state index contributed by atoms with van der Waals surface area (Å²) in [6.45, 7) is 4.45. The van der Waals surface area contributed by atoms with Crippen LogP contribution in [0.3, 0.4) is 0 Å². The first kappa shape index (κ1) is 26.0. The molecule has 0 amide bonds. The van der Waals surface area contributed by atoms with Gasteiger partial charge >= 0.3 is 0 Å². The van der Waals surface area contributed by atoms with Gasteiger partial charge in [-0.2, -0.15) is 0 Å². The Morgan fingerprint density at radius 1 is 0.700 bits per heavy atom. The van der Waals surface area contributed by atoms with Gasteiger partial charge in [-0.05, 0) is 57.3 Å². The van der Waals surface area contributed by atoms with E-state index < -0.39 is 0 Å². The predicted molar refractivity (Wildman–Crippen MR) is 159 cm³/mol. The molecule has 1 aliphatic carbocycles. The van der Waals surface area contributed by atoms with E-state index in [9.17, 15) is 10.2 Å². The van der Waals surface area contributed by atoms with Gasteiger partial charge < -0.3 is 10.2 Å². The first-order valence-electron chi connectivity index (χ1n) is 13.0. The normalized spacial score (nSPS) is 13.3. The van der Waals surface area contributed by atoms with Crippen LogP contribution in [0.15, 0.2) is 108 Å². The summed E-state index contributed by atoms with van der Waals surface area (Å²) < 4.78 is 0. The zero-order valence-electron chi connectivity index (χ0n) is 22.0. The third kappa shape index (κ3) is 3.94. The zero-order chi connectivity index (χ0) is 26.7. The van der Waals surface area contributed by atoms with Crippen molar-refractivity contribution in [1.82, 2.24) is 4.98 Å². The molecule has 0 aliphatic heterocycles. The first-order chi connectivity index (χ1) is 18.9. The predicted octanol–water partition coefficient (Wildman–Crippen LogP) is 8.52. The van der Waals surface area contributed by atoms with Crippen LogP contribution < -0.4 is 0 Å². The Morgan fingerprint density at radius 2 is 1.43 bits per heavy atom. The molecule has 1 heterocycles. The van der Waals surface area contributed by atoms with Gasteiger partial charge in [0.2, 0.25) is 0 Å². The molecule has 6 aromatic rings. The summed E-state index contributed by atoms with van der Waals surface area (Å²) in [5.74, 6) is 0.392. The molecule has 1 aliphatic rings. The fraction of sp³-hybridized carbons (Fsp3) is 0.0857. The number of benzene rings is 5. The number of nitrogens with zero attached hydrogens (tertiary/aromatic N) is 2. The Bertz CT molecular complexity index is 1970. The summed E-state index contributed by atoms with van der Waals surface area (Å²) in [6, 6.07) is 33.6. The molecule has 0 bridgehead atoms. The first-order valence-corrected chi connectivity index (χ1v) is 13.0. The van der Waals surface area contributed by atoms with Gasteiger partial charge in [0.05, 0.1) is 28.9 Å². The molecule has 5 aromatic carbocycles. The van der Waals surface area contributed by atoms with Crippen molar-refractivity contribution in [3.8, 4) is 33.9 Å². The maximum Gasteiger partial charge on any atom is 0.125 e. The van der Waals surface area contributed by atoms with E-state index in [-0.39, 0.29) is 38.0 Å². The number of pyridine rings is 1. The number of phenols is 2. The molecule has 0 saturated heterocycles. The minimum atomic E-state index is -0.189. The number of aromatic nitrogens is 1. The van der Waals surface area contributed by atoms with Crippen molar-refractivity contribution in [2.45, 2.75) is 19.3 Å². The van der Waals surface area contributed by atoms with Crippen molar-refractivity contribution in [3.63, 3.8) is 0 Å². The molecule has 4 nitrogen and oxygen atoms in total. The van der Waals surface area contributed by atoms with Crippen molar-refractivity contribution in [2.75, 3.05) is 0 Å². The molecule has 5 heteroatoms. The maximum absolute atomic E-state index is 11.2. The van der Waals surface area contributed by atoms with E-state index in [0.717, 1.165) is 32.8 Å². The van der Waals surface area contributed by atoms with Gasteiger partial charge in [-0.25, -0.2) is 4.98 Å². The van der Waals surface area contributed by atoms with E-state index in [0.29, 0.717) is 22.5 Å². The van der Waals surface area contributed by atoms with E-state index in [1.54, 1.807) is 18.3 Å². The van der Waals surface area contributed by atoms with Crippen LogP contribution in [-0.2, 0) is 26.5 Å². The van der Waals surface area contributed by atoms with Crippen LogP contribution in [0.1, 0.15) is 30.7 Å². The number of hydrogen-bond donors (Lipinski definition) is 2. The monoisotopic (exact) mass is 701 g/mol. The third-order valence-electron chi connectivity index (χ3n) is 7.94. The molecule has 0 saturated carbocycles. The number of rotatable bonds is 3. The smallest absolute Gasteiger partial charge is 0.125 e. The SMILES string of the molecule is CC1(C)c2ccccc2-c2c1ccc(O)c2-c1cc2ccccc2c(C=Nc2cccc3cccc(O)c23)n1.[Pt]. The van der Waals surface area contributed by atoms with Crippen LogP contribution >= 0.6 is 0 Å². The minimum Gasteiger partial charge on any atom is -0.507 e. The van der Waals surface area contributed by atoms with Crippen molar-refractivity contribution in [2.24, 2.45) is 4.99 Å². The Labute approximate surface area is 247 Å². The zero-order valence-corrected chi connectivity index (χ0v) is 24.3. The Hall–Kier alpha value is -4.27. The number of hydrogen-bond acceptors (Lipinski definition) is 4. The standard InChI is InChI=1S/C35H26N2O2.Pt/c1-35(2)25-14-6-5-13-24(25)33-26(35)17-18-31(39)34(33)28-19-22-9-3-4-12-23(22)29(37-28)20-36-27-15-7-10-21-11-8-16-30(38)32(21)27;/h3-20,38-39H,1-2H3;. The fourth-order valence-electron chi connectivity index (χ4n) is 6.03. The molecule has 7 rings (SSSR count). The van der Waals surface area contributed by atoms with Crippen LogP contribution in [0.2, 0.25) is 0 Å². The second kappa shape index (κ2) is 9.73. The number of fused-ring (bicyclic) bond motifs is 5. The van der Waals surface area contributed by atoms with Gasteiger partial charge in [-0.15, -0.1) is 0 Å². The minimum absolute atomic E-state index is 0. The van der Waals surface area contributed by atoms with Gasteiger partial charge in [0, 0.05) is 37.3 Å². The van der Waals surface area contributed by atoms with E-state index >= 15 is 0 Å². The number of phenolic OH excluding ortho intramolecular Hbond substituents is 2. The molecule has 1 aromatic heterocycles. The second-order valence-electron chi connectivity index (χ2n) is 10.6. The van der Waals surface area contributed by atoms with Crippen molar-refractivity contribution in [3.05, 3.63) is 120 Å². The molecule has 2 N–H and O–H groups in total. The molecular formula is C35H26N2O2Pt. The summed E-state index contributed by atoms with van der Waals surface area (Å²) in [7, 11) is 0. The van der Waals surface area contributed by atoms with Gasteiger partial charge in [0.1, 0.15) is 11.5 Å². The maximum atomic E-state index is 11.2. The Kier molecular flexibility index (Phi) is 6.32. The third-order valence-corrected chi connectivity index (χ3v) is 7.94. The van der Waals surface area contributed by atoms with E-state index in [4.69, 9.17) is 9.98 Å². The molecule has 0 radical (unpaired) electrons. The summed E-state index contributed by atoms with van der Waals surface area (Å²) in [4.78, 5) is 9.87. The summed E-state index contributed by atoms with van der Waals surface area (Å²) in [6.07, 6.45) is 1.76. The Balaban J connectivity index is 0.00000289. The largest absolute Gasteiger partial charge is 0.507 e. The summed E-state index contributed by atoms with van der Waals surface area (Å²) in [5, 5.41) is 25.4. The van der Waals surface area contributed by atoms with E-state index in [1.165, 1.54) is 11.1 Å². The fourth-order valence-corrected chi connectivity index (χ4v) is 6.03. The summed E-state index contributed by atoms with van der Waals surface area (Å²) in [5.41, 5.74) is 7.16. The summed E-state index contributed by atoms with van der Waals surface area (Å²) >= 11 is 0. The van der Waals surface area contributed by atoms with E-state index in [2.05, 4.69) is 38.1 Å². The van der Waals surface area contributed by atoms with Crippen LogP contribution in [0.25, 0.3) is 43.9 Å². The molecule has 198 valence electrons. The van der Waals surface area contributed by atoms with Crippen molar-refractivity contribution < 1.29 is 31.3 Å². The van der Waals surface area contributed by atoms with Gasteiger partial charge in [0.15, 0.2) is 0 Å².